The first-order valence-electron chi connectivity index (χ1n) is 5.24. The second-order valence-electron chi connectivity index (χ2n) is 3.78. The van der Waals surface area contributed by atoms with Crippen molar-refractivity contribution in [2.75, 3.05) is 13.2 Å². The van der Waals surface area contributed by atoms with Gasteiger partial charge < -0.3 is 10.1 Å². The van der Waals surface area contributed by atoms with Crippen LogP contribution in [0.1, 0.15) is 30.7 Å². The number of hydrogen-bond acceptors (Lipinski definition) is 3. The van der Waals surface area contributed by atoms with Gasteiger partial charge in [-0.25, -0.2) is 0 Å². The largest absolute Gasteiger partial charge is 0.377 e. The lowest BCUT2D eigenvalue weighted by molar-refractivity contribution is 0.108. The normalized spacial score (nSPS) is 23.9. The zero-order chi connectivity index (χ0) is 9.80. The lowest BCUT2D eigenvalue weighted by Crippen LogP contribution is -2.28. The van der Waals surface area contributed by atoms with Gasteiger partial charge in [-0.15, -0.1) is 11.3 Å². The Hall–Kier alpha value is -0.380. The number of rotatable bonds is 4. The van der Waals surface area contributed by atoms with Gasteiger partial charge in [0.05, 0.1) is 6.10 Å². The molecule has 1 aliphatic heterocycles. The van der Waals surface area contributed by atoms with E-state index >= 15 is 0 Å². The Morgan fingerprint density at radius 2 is 2.64 bits per heavy atom. The minimum absolute atomic E-state index is 0.442. The summed E-state index contributed by atoms with van der Waals surface area (Å²) in [5, 5.41) is 5.64. The molecular weight excluding hydrogens is 194 g/mol. The van der Waals surface area contributed by atoms with Crippen molar-refractivity contribution in [2.24, 2.45) is 0 Å². The van der Waals surface area contributed by atoms with E-state index in [1.807, 2.05) is 11.3 Å². The number of hydrogen-bond donors (Lipinski definition) is 1. The average Bonchev–Trinajstić information content (AvgIpc) is 2.87. The maximum atomic E-state index is 5.56. The molecule has 0 aromatic carbocycles. The highest BCUT2D eigenvalue weighted by atomic mass is 32.1. The molecule has 3 heteroatoms. The fraction of sp³-hybridized carbons (Fsp3) is 0.636. The molecule has 0 saturated carbocycles. The van der Waals surface area contributed by atoms with Crippen LogP contribution < -0.4 is 5.32 Å². The summed E-state index contributed by atoms with van der Waals surface area (Å²) in [4.78, 5) is 1.41. The summed E-state index contributed by atoms with van der Waals surface area (Å²) in [7, 11) is 0. The Morgan fingerprint density at radius 3 is 3.29 bits per heavy atom. The second-order valence-corrected chi connectivity index (χ2v) is 4.76. The van der Waals surface area contributed by atoms with Gasteiger partial charge in [0.1, 0.15) is 0 Å². The molecule has 2 rings (SSSR count). The van der Waals surface area contributed by atoms with Gasteiger partial charge in [-0.3, -0.25) is 0 Å². The third-order valence-electron chi connectivity index (χ3n) is 2.65. The van der Waals surface area contributed by atoms with Crippen molar-refractivity contribution >= 4 is 11.3 Å². The summed E-state index contributed by atoms with van der Waals surface area (Å²) >= 11 is 1.81. The van der Waals surface area contributed by atoms with Gasteiger partial charge in [-0.2, -0.15) is 0 Å². The smallest absolute Gasteiger partial charge is 0.0700 e. The van der Waals surface area contributed by atoms with Crippen molar-refractivity contribution in [2.45, 2.75) is 31.9 Å². The van der Waals surface area contributed by atoms with Crippen LogP contribution in [0.15, 0.2) is 17.5 Å². The maximum Gasteiger partial charge on any atom is 0.0700 e. The van der Waals surface area contributed by atoms with Crippen LogP contribution in [-0.4, -0.2) is 19.3 Å². The highest BCUT2D eigenvalue weighted by Crippen LogP contribution is 2.19. The monoisotopic (exact) mass is 211 g/mol. The van der Waals surface area contributed by atoms with Crippen molar-refractivity contribution in [3.63, 3.8) is 0 Å². The molecule has 0 aliphatic carbocycles. The standard InChI is InChI=1S/C11H17NOS/c1-9(11-5-3-7-14-11)12-8-10-4-2-6-13-10/h3,5,7,9-10,12H,2,4,6,8H2,1H3/t9-,10?/m1/s1. The van der Waals surface area contributed by atoms with E-state index in [0.717, 1.165) is 13.2 Å². The van der Waals surface area contributed by atoms with E-state index in [-0.39, 0.29) is 0 Å². The van der Waals surface area contributed by atoms with Gasteiger partial charge in [-0.1, -0.05) is 6.07 Å². The summed E-state index contributed by atoms with van der Waals surface area (Å²) in [6.45, 7) is 4.14. The van der Waals surface area contributed by atoms with E-state index in [0.29, 0.717) is 12.1 Å². The van der Waals surface area contributed by atoms with Gasteiger partial charge in [0.25, 0.3) is 0 Å². The molecule has 2 heterocycles. The summed E-state index contributed by atoms with van der Waals surface area (Å²) in [5.41, 5.74) is 0. The third kappa shape index (κ3) is 2.56. The van der Waals surface area contributed by atoms with Crippen molar-refractivity contribution in [3.05, 3.63) is 22.4 Å². The summed E-state index contributed by atoms with van der Waals surface area (Å²) in [6, 6.07) is 4.74. The number of thiophene rings is 1. The van der Waals surface area contributed by atoms with Gasteiger partial charge in [0, 0.05) is 24.1 Å². The molecule has 0 bridgehead atoms. The molecule has 1 aliphatic rings. The van der Waals surface area contributed by atoms with Crippen LogP contribution in [0.5, 0.6) is 0 Å². The van der Waals surface area contributed by atoms with Gasteiger partial charge in [0.2, 0.25) is 0 Å². The highest BCUT2D eigenvalue weighted by Gasteiger charge is 2.16. The Balaban J connectivity index is 1.74. The van der Waals surface area contributed by atoms with Crippen LogP contribution >= 0.6 is 11.3 Å². The zero-order valence-corrected chi connectivity index (χ0v) is 9.35. The van der Waals surface area contributed by atoms with Crippen LogP contribution in [0.4, 0.5) is 0 Å². The molecule has 2 nitrogen and oxygen atoms in total. The van der Waals surface area contributed by atoms with Gasteiger partial charge in [-0.05, 0) is 31.2 Å². The predicted molar refractivity (Wildman–Crippen MR) is 59.7 cm³/mol. The van der Waals surface area contributed by atoms with Crippen LogP contribution in [-0.2, 0) is 4.74 Å². The molecule has 78 valence electrons. The molecule has 2 atom stereocenters. The fourth-order valence-corrected chi connectivity index (χ4v) is 2.51. The highest BCUT2D eigenvalue weighted by molar-refractivity contribution is 7.10. The topological polar surface area (TPSA) is 21.3 Å². The molecular formula is C11H17NOS. The van der Waals surface area contributed by atoms with Crippen LogP contribution in [0.2, 0.25) is 0 Å². The minimum Gasteiger partial charge on any atom is -0.377 e. The van der Waals surface area contributed by atoms with Gasteiger partial charge >= 0.3 is 0 Å². The number of ether oxygens (including phenoxy) is 1. The lowest BCUT2D eigenvalue weighted by atomic mass is 10.2. The van der Waals surface area contributed by atoms with E-state index < -0.39 is 0 Å². The fourth-order valence-electron chi connectivity index (χ4n) is 1.75. The molecule has 0 amide bonds. The molecule has 14 heavy (non-hydrogen) atoms. The first-order chi connectivity index (χ1) is 6.86. The molecule has 0 radical (unpaired) electrons. The first kappa shape index (κ1) is 10.1. The summed E-state index contributed by atoms with van der Waals surface area (Å²) in [6.07, 6.45) is 2.88. The third-order valence-corrected chi connectivity index (χ3v) is 3.70. The molecule has 1 unspecified atom stereocenters. The van der Waals surface area contributed by atoms with Gasteiger partial charge in [0.15, 0.2) is 0 Å². The summed E-state index contributed by atoms with van der Waals surface area (Å²) in [5.74, 6) is 0. The molecule has 1 aromatic heterocycles. The predicted octanol–water partition coefficient (Wildman–Crippen LogP) is 2.58. The van der Waals surface area contributed by atoms with Crippen molar-refractivity contribution in [3.8, 4) is 0 Å². The van der Waals surface area contributed by atoms with E-state index in [1.54, 1.807) is 0 Å². The molecule has 1 fully saturated rings. The second kappa shape index (κ2) is 4.91. The minimum atomic E-state index is 0.442. The van der Waals surface area contributed by atoms with Crippen LogP contribution in [0.3, 0.4) is 0 Å². The SMILES string of the molecule is C[C@@H](NCC1CCCO1)c1cccs1. The molecule has 1 saturated heterocycles. The van der Waals surface area contributed by atoms with E-state index in [9.17, 15) is 0 Å². The lowest BCUT2D eigenvalue weighted by Gasteiger charge is -2.15. The molecule has 1 aromatic rings. The van der Waals surface area contributed by atoms with Crippen molar-refractivity contribution < 1.29 is 4.74 Å². The van der Waals surface area contributed by atoms with Crippen LogP contribution in [0.25, 0.3) is 0 Å². The van der Waals surface area contributed by atoms with E-state index in [1.165, 1.54) is 17.7 Å². The summed E-state index contributed by atoms with van der Waals surface area (Å²) < 4.78 is 5.56. The van der Waals surface area contributed by atoms with Crippen LogP contribution in [0, 0.1) is 0 Å². The quantitative estimate of drug-likeness (QED) is 0.826. The zero-order valence-electron chi connectivity index (χ0n) is 8.53. The molecule has 0 spiro atoms. The van der Waals surface area contributed by atoms with Crippen molar-refractivity contribution in [1.29, 1.82) is 0 Å². The van der Waals surface area contributed by atoms with E-state index in [4.69, 9.17) is 4.74 Å². The van der Waals surface area contributed by atoms with Crippen molar-refractivity contribution in [1.82, 2.24) is 5.32 Å². The Bertz CT molecular complexity index is 254. The Kier molecular flexibility index (Phi) is 3.56. The first-order valence-corrected chi connectivity index (χ1v) is 6.12. The maximum absolute atomic E-state index is 5.56. The Labute approximate surface area is 89.3 Å². The Morgan fingerprint density at radius 1 is 1.71 bits per heavy atom. The number of nitrogens with one attached hydrogen (secondary N) is 1. The average molecular weight is 211 g/mol. The van der Waals surface area contributed by atoms with E-state index in [2.05, 4.69) is 29.8 Å². The molecule has 1 N–H and O–H groups in total.